The molecular weight excluding hydrogens is 404 g/mol. The zero-order chi connectivity index (χ0) is 20.0. The van der Waals surface area contributed by atoms with E-state index in [0.717, 1.165) is 29.3 Å². The van der Waals surface area contributed by atoms with Gasteiger partial charge in [0.1, 0.15) is 16.5 Å². The van der Waals surface area contributed by atoms with Crippen LogP contribution in [0.15, 0.2) is 35.2 Å². The van der Waals surface area contributed by atoms with Crippen molar-refractivity contribution in [3.05, 3.63) is 46.6 Å². The molecule has 6 nitrogen and oxygen atoms in total. The molecule has 0 saturated carbocycles. The molecule has 0 spiro atoms. The molecule has 1 aliphatic heterocycles. The maximum atomic E-state index is 12.9. The maximum absolute atomic E-state index is 12.9. The van der Waals surface area contributed by atoms with Crippen LogP contribution in [0.1, 0.15) is 29.1 Å². The van der Waals surface area contributed by atoms with Crippen molar-refractivity contribution < 1.29 is 8.42 Å². The van der Waals surface area contributed by atoms with Gasteiger partial charge in [0.25, 0.3) is 0 Å². The lowest BCUT2D eigenvalue weighted by Crippen LogP contribution is -2.49. The van der Waals surface area contributed by atoms with E-state index in [0.29, 0.717) is 31.1 Å². The number of anilines is 1. The summed E-state index contributed by atoms with van der Waals surface area (Å²) in [5.74, 6) is 1.77. The summed E-state index contributed by atoms with van der Waals surface area (Å²) in [4.78, 5) is 14.7. The molecule has 2 aromatic heterocycles. The SMILES string of the molecule is Cc1nc(N2CCN(S(=O)(=O)c3ccccc3)CC2)c2c3c(sc2n1)CCCC3. The summed E-state index contributed by atoms with van der Waals surface area (Å²) in [6.45, 7) is 4.16. The molecule has 5 rings (SSSR count). The summed E-state index contributed by atoms with van der Waals surface area (Å²) in [6.07, 6.45) is 4.70. The number of sulfonamides is 1. The van der Waals surface area contributed by atoms with Crippen molar-refractivity contribution >= 4 is 37.4 Å². The molecule has 0 N–H and O–H groups in total. The van der Waals surface area contributed by atoms with Crippen LogP contribution in [0.2, 0.25) is 0 Å². The molecule has 2 aliphatic rings. The van der Waals surface area contributed by atoms with E-state index in [2.05, 4.69) is 4.90 Å². The van der Waals surface area contributed by atoms with Crippen molar-refractivity contribution in [2.24, 2.45) is 0 Å². The minimum atomic E-state index is -3.45. The normalized spacial score (nSPS) is 18.2. The third kappa shape index (κ3) is 3.33. The molecule has 1 saturated heterocycles. The zero-order valence-corrected chi connectivity index (χ0v) is 18.1. The van der Waals surface area contributed by atoms with Gasteiger partial charge in [-0.15, -0.1) is 11.3 Å². The van der Waals surface area contributed by atoms with Crippen LogP contribution in [-0.2, 0) is 22.9 Å². The third-order valence-electron chi connectivity index (χ3n) is 5.83. The summed E-state index contributed by atoms with van der Waals surface area (Å²) in [5, 5.41) is 1.20. The first kappa shape index (κ1) is 19.0. The number of nitrogens with zero attached hydrogens (tertiary/aromatic N) is 4. The minimum Gasteiger partial charge on any atom is -0.353 e. The van der Waals surface area contributed by atoms with Crippen molar-refractivity contribution in [3.8, 4) is 0 Å². The molecular formula is C21H24N4O2S2. The zero-order valence-electron chi connectivity index (χ0n) is 16.5. The lowest BCUT2D eigenvalue weighted by molar-refractivity contribution is 0.384. The second-order valence-electron chi connectivity index (χ2n) is 7.69. The molecule has 152 valence electrons. The monoisotopic (exact) mass is 428 g/mol. The Hall–Kier alpha value is -2.03. The summed E-state index contributed by atoms with van der Waals surface area (Å²) >= 11 is 1.81. The number of piperazine rings is 1. The highest BCUT2D eigenvalue weighted by Gasteiger charge is 2.30. The topological polar surface area (TPSA) is 66.4 Å². The van der Waals surface area contributed by atoms with Crippen LogP contribution in [0.3, 0.4) is 0 Å². The lowest BCUT2D eigenvalue weighted by Gasteiger charge is -2.35. The largest absolute Gasteiger partial charge is 0.353 e. The van der Waals surface area contributed by atoms with Gasteiger partial charge in [0, 0.05) is 31.1 Å². The fourth-order valence-corrected chi connectivity index (χ4v) is 7.10. The number of benzene rings is 1. The number of hydrogen-bond acceptors (Lipinski definition) is 6. The number of rotatable bonds is 3. The highest BCUT2D eigenvalue weighted by molar-refractivity contribution is 7.89. The second kappa shape index (κ2) is 7.34. The molecule has 0 amide bonds. The Morgan fingerprint density at radius 1 is 0.966 bits per heavy atom. The Morgan fingerprint density at radius 2 is 1.69 bits per heavy atom. The van der Waals surface area contributed by atoms with Crippen LogP contribution in [-0.4, -0.2) is 48.9 Å². The average Bonchev–Trinajstić information content (AvgIpc) is 3.12. The van der Waals surface area contributed by atoms with Crippen LogP contribution < -0.4 is 4.90 Å². The maximum Gasteiger partial charge on any atom is 0.243 e. The predicted octanol–water partition coefficient (Wildman–Crippen LogP) is 3.39. The van der Waals surface area contributed by atoms with Crippen molar-refractivity contribution in [1.29, 1.82) is 0 Å². The smallest absolute Gasteiger partial charge is 0.243 e. The second-order valence-corrected chi connectivity index (χ2v) is 10.7. The third-order valence-corrected chi connectivity index (χ3v) is 8.93. The van der Waals surface area contributed by atoms with Crippen LogP contribution >= 0.6 is 11.3 Å². The Bertz CT molecular complexity index is 1150. The first-order valence-electron chi connectivity index (χ1n) is 10.1. The lowest BCUT2D eigenvalue weighted by atomic mass is 9.97. The summed E-state index contributed by atoms with van der Waals surface area (Å²) in [6, 6.07) is 8.70. The molecule has 0 radical (unpaired) electrons. The van der Waals surface area contributed by atoms with Gasteiger partial charge in [0.15, 0.2) is 0 Å². The highest BCUT2D eigenvalue weighted by Crippen LogP contribution is 2.40. The van der Waals surface area contributed by atoms with E-state index in [9.17, 15) is 8.42 Å². The van der Waals surface area contributed by atoms with Crippen molar-refractivity contribution in [1.82, 2.24) is 14.3 Å². The number of aromatic nitrogens is 2. The summed E-state index contributed by atoms with van der Waals surface area (Å²) in [7, 11) is -3.45. The molecule has 1 aliphatic carbocycles. The average molecular weight is 429 g/mol. The standard InChI is InChI=1S/C21H24N4O2S2/c1-15-22-20(19-17-9-5-6-10-18(17)28-21(19)23-15)24-11-13-25(14-12-24)29(26,27)16-7-3-2-4-8-16/h2-4,7-8H,5-6,9-14H2,1H3. The van der Waals surface area contributed by atoms with Gasteiger partial charge in [0.05, 0.1) is 10.3 Å². The molecule has 1 aromatic carbocycles. The van der Waals surface area contributed by atoms with E-state index in [1.165, 1.54) is 28.7 Å². The van der Waals surface area contributed by atoms with E-state index in [-0.39, 0.29) is 0 Å². The summed E-state index contributed by atoms with van der Waals surface area (Å²) in [5.41, 5.74) is 1.42. The van der Waals surface area contributed by atoms with Gasteiger partial charge in [-0.25, -0.2) is 18.4 Å². The molecule has 1 fully saturated rings. The number of hydrogen-bond donors (Lipinski definition) is 0. The van der Waals surface area contributed by atoms with Gasteiger partial charge >= 0.3 is 0 Å². The van der Waals surface area contributed by atoms with E-state index in [1.54, 1.807) is 28.6 Å². The number of aryl methyl sites for hydroxylation is 3. The fraction of sp³-hybridized carbons (Fsp3) is 0.429. The van der Waals surface area contributed by atoms with Crippen molar-refractivity contribution in [2.45, 2.75) is 37.5 Å². The van der Waals surface area contributed by atoms with Gasteiger partial charge in [-0.3, -0.25) is 0 Å². The van der Waals surface area contributed by atoms with Crippen molar-refractivity contribution in [3.63, 3.8) is 0 Å². The molecule has 29 heavy (non-hydrogen) atoms. The Labute approximate surface area is 175 Å². The van der Waals surface area contributed by atoms with Gasteiger partial charge in [-0.2, -0.15) is 4.31 Å². The highest BCUT2D eigenvalue weighted by atomic mass is 32.2. The Morgan fingerprint density at radius 3 is 2.45 bits per heavy atom. The quantitative estimate of drug-likeness (QED) is 0.640. The first-order valence-corrected chi connectivity index (χ1v) is 12.4. The summed E-state index contributed by atoms with van der Waals surface area (Å²) < 4.78 is 27.5. The van der Waals surface area contributed by atoms with Crippen LogP contribution in [0.5, 0.6) is 0 Å². The van der Waals surface area contributed by atoms with Crippen molar-refractivity contribution in [2.75, 3.05) is 31.1 Å². The number of fused-ring (bicyclic) bond motifs is 3. The molecule has 3 aromatic rings. The van der Waals surface area contributed by atoms with Gasteiger partial charge in [-0.1, -0.05) is 18.2 Å². The van der Waals surface area contributed by atoms with E-state index < -0.39 is 10.0 Å². The minimum absolute atomic E-state index is 0.362. The fourth-order valence-electron chi connectivity index (χ4n) is 4.35. The molecule has 3 heterocycles. The molecule has 0 atom stereocenters. The number of thiophene rings is 1. The van der Waals surface area contributed by atoms with Crippen LogP contribution in [0, 0.1) is 6.92 Å². The molecule has 0 unspecified atom stereocenters. The van der Waals surface area contributed by atoms with Crippen LogP contribution in [0.4, 0.5) is 5.82 Å². The van der Waals surface area contributed by atoms with Gasteiger partial charge in [-0.05, 0) is 50.3 Å². The van der Waals surface area contributed by atoms with E-state index in [1.807, 2.05) is 24.3 Å². The van der Waals surface area contributed by atoms with Gasteiger partial charge in [0.2, 0.25) is 10.0 Å². The van der Waals surface area contributed by atoms with Gasteiger partial charge < -0.3 is 4.90 Å². The van der Waals surface area contributed by atoms with Crippen LogP contribution in [0.25, 0.3) is 10.2 Å². The van der Waals surface area contributed by atoms with E-state index in [4.69, 9.17) is 9.97 Å². The predicted molar refractivity (Wildman–Crippen MR) is 116 cm³/mol. The Balaban J connectivity index is 1.44. The Kier molecular flexibility index (Phi) is 4.80. The van der Waals surface area contributed by atoms with E-state index >= 15 is 0 Å². The first-order chi connectivity index (χ1) is 14.0. The molecule has 0 bridgehead atoms. The molecule has 8 heteroatoms.